The Labute approximate surface area is 158 Å². The number of esters is 1. The van der Waals surface area contributed by atoms with Crippen LogP contribution in [0.15, 0.2) is 0 Å². The highest BCUT2D eigenvalue weighted by Crippen LogP contribution is 2.14. The van der Waals surface area contributed by atoms with E-state index < -0.39 is 0 Å². The molecule has 0 saturated heterocycles. The van der Waals surface area contributed by atoms with Gasteiger partial charge in [-0.25, -0.2) is 0 Å². The molecule has 0 radical (unpaired) electrons. The lowest BCUT2D eigenvalue weighted by Gasteiger charge is -2.04. The average molecular weight is 355 g/mol. The highest BCUT2D eigenvalue weighted by atomic mass is 16.5. The molecule has 0 aromatic heterocycles. The molecular formula is C23H46O2. The molecule has 0 bridgehead atoms. The molecule has 0 spiro atoms. The van der Waals surface area contributed by atoms with Crippen LogP contribution in [-0.4, -0.2) is 12.6 Å². The van der Waals surface area contributed by atoms with Crippen molar-refractivity contribution in [3.8, 4) is 0 Å². The molecule has 0 N–H and O–H groups in total. The number of rotatable bonds is 20. The number of carbonyl (C=O) groups excluding carboxylic acids is 1. The van der Waals surface area contributed by atoms with Gasteiger partial charge in [0.15, 0.2) is 0 Å². The Kier molecular flexibility index (Phi) is 21.1. The lowest BCUT2D eigenvalue weighted by Crippen LogP contribution is -2.00. The van der Waals surface area contributed by atoms with E-state index in [1.54, 1.807) is 0 Å². The molecule has 0 rings (SSSR count). The van der Waals surface area contributed by atoms with E-state index in [0.29, 0.717) is 6.61 Å². The molecule has 0 heterocycles. The van der Waals surface area contributed by atoms with Gasteiger partial charge in [-0.3, -0.25) is 4.79 Å². The fourth-order valence-electron chi connectivity index (χ4n) is 3.40. The summed E-state index contributed by atoms with van der Waals surface area (Å²) in [4.78, 5) is 10.6. The van der Waals surface area contributed by atoms with Gasteiger partial charge in [0.05, 0.1) is 6.61 Å². The standard InChI is InChI=1S/C23H46O2/c1-3-4-5-6-7-8-9-10-11-12-13-14-15-16-17-18-19-20-21-22-25-23(2)24/h3-22H2,1-2H3. The summed E-state index contributed by atoms with van der Waals surface area (Å²) in [5.74, 6) is -0.151. The Morgan fingerprint density at radius 3 is 1.08 bits per heavy atom. The Balaban J connectivity index is 2.97. The topological polar surface area (TPSA) is 26.3 Å². The van der Waals surface area contributed by atoms with Gasteiger partial charge in [-0.15, -0.1) is 0 Å². The van der Waals surface area contributed by atoms with Crippen LogP contribution >= 0.6 is 0 Å². The van der Waals surface area contributed by atoms with Crippen molar-refractivity contribution in [3.05, 3.63) is 0 Å². The molecule has 150 valence electrons. The second kappa shape index (κ2) is 21.5. The van der Waals surface area contributed by atoms with Gasteiger partial charge in [0, 0.05) is 6.92 Å². The molecule has 0 unspecified atom stereocenters. The van der Waals surface area contributed by atoms with Crippen molar-refractivity contribution in [2.75, 3.05) is 6.61 Å². The van der Waals surface area contributed by atoms with Crippen molar-refractivity contribution in [1.29, 1.82) is 0 Å². The van der Waals surface area contributed by atoms with E-state index in [4.69, 9.17) is 4.74 Å². The van der Waals surface area contributed by atoms with E-state index in [1.165, 1.54) is 122 Å². The monoisotopic (exact) mass is 354 g/mol. The van der Waals surface area contributed by atoms with Crippen LogP contribution in [0, 0.1) is 0 Å². The third-order valence-electron chi connectivity index (χ3n) is 5.05. The zero-order valence-electron chi connectivity index (χ0n) is 17.5. The number of ether oxygens (including phenoxy) is 1. The fourth-order valence-corrected chi connectivity index (χ4v) is 3.40. The lowest BCUT2D eigenvalue weighted by atomic mass is 10.0. The SMILES string of the molecule is CCCCCCCCCCCCCCCCCCCCCOC(C)=O. The zero-order valence-corrected chi connectivity index (χ0v) is 17.5. The molecule has 0 aromatic rings. The van der Waals surface area contributed by atoms with Gasteiger partial charge >= 0.3 is 5.97 Å². The van der Waals surface area contributed by atoms with E-state index in [0.717, 1.165) is 6.42 Å². The van der Waals surface area contributed by atoms with Crippen molar-refractivity contribution in [3.63, 3.8) is 0 Å². The Bertz CT molecular complexity index is 263. The predicted octanol–water partition coefficient (Wildman–Crippen LogP) is 7.98. The molecule has 0 atom stereocenters. The van der Waals surface area contributed by atoms with Gasteiger partial charge in [0.2, 0.25) is 0 Å². The summed E-state index contributed by atoms with van der Waals surface area (Å²) in [6.45, 7) is 4.38. The highest BCUT2D eigenvalue weighted by Gasteiger charge is 1.96. The first kappa shape index (κ1) is 24.5. The summed E-state index contributed by atoms with van der Waals surface area (Å²) >= 11 is 0. The predicted molar refractivity (Wildman–Crippen MR) is 110 cm³/mol. The minimum Gasteiger partial charge on any atom is -0.466 e. The van der Waals surface area contributed by atoms with Crippen molar-refractivity contribution >= 4 is 5.97 Å². The van der Waals surface area contributed by atoms with Gasteiger partial charge in [0.25, 0.3) is 0 Å². The fraction of sp³-hybridized carbons (Fsp3) is 0.957. The number of hydrogen-bond donors (Lipinski definition) is 0. The second-order valence-corrected chi connectivity index (χ2v) is 7.70. The largest absolute Gasteiger partial charge is 0.466 e. The van der Waals surface area contributed by atoms with Gasteiger partial charge in [-0.2, -0.15) is 0 Å². The molecule has 0 aromatic carbocycles. The molecule has 2 heteroatoms. The minimum absolute atomic E-state index is 0.151. The van der Waals surface area contributed by atoms with E-state index >= 15 is 0 Å². The molecular weight excluding hydrogens is 308 g/mol. The summed E-state index contributed by atoms with van der Waals surface area (Å²) in [6, 6.07) is 0. The molecule has 0 saturated carbocycles. The van der Waals surface area contributed by atoms with Gasteiger partial charge < -0.3 is 4.74 Å². The Morgan fingerprint density at radius 1 is 0.520 bits per heavy atom. The van der Waals surface area contributed by atoms with Gasteiger partial charge in [-0.1, -0.05) is 122 Å². The molecule has 25 heavy (non-hydrogen) atoms. The van der Waals surface area contributed by atoms with Crippen molar-refractivity contribution in [1.82, 2.24) is 0 Å². The summed E-state index contributed by atoms with van der Waals surface area (Å²) in [5, 5.41) is 0. The molecule has 2 nitrogen and oxygen atoms in total. The normalized spacial score (nSPS) is 11.0. The van der Waals surface area contributed by atoms with Gasteiger partial charge in [-0.05, 0) is 6.42 Å². The highest BCUT2D eigenvalue weighted by molar-refractivity contribution is 5.65. The summed E-state index contributed by atoms with van der Waals surface area (Å²) in [7, 11) is 0. The average Bonchev–Trinajstić information content (AvgIpc) is 2.60. The maximum Gasteiger partial charge on any atom is 0.302 e. The van der Waals surface area contributed by atoms with E-state index in [9.17, 15) is 4.79 Å². The minimum atomic E-state index is -0.151. The first-order chi connectivity index (χ1) is 12.3. The Morgan fingerprint density at radius 2 is 0.800 bits per heavy atom. The van der Waals surface area contributed by atoms with E-state index in [2.05, 4.69) is 6.92 Å². The number of hydrogen-bond acceptors (Lipinski definition) is 2. The third-order valence-corrected chi connectivity index (χ3v) is 5.05. The first-order valence-corrected chi connectivity index (χ1v) is 11.4. The van der Waals surface area contributed by atoms with Crippen LogP contribution in [0.1, 0.15) is 136 Å². The van der Waals surface area contributed by atoms with E-state index in [-0.39, 0.29) is 5.97 Å². The van der Waals surface area contributed by atoms with E-state index in [1.807, 2.05) is 0 Å². The van der Waals surface area contributed by atoms with Crippen LogP contribution in [0.4, 0.5) is 0 Å². The van der Waals surface area contributed by atoms with Crippen LogP contribution in [-0.2, 0) is 9.53 Å². The zero-order chi connectivity index (χ0) is 18.4. The summed E-state index contributed by atoms with van der Waals surface area (Å²) in [5.41, 5.74) is 0. The van der Waals surface area contributed by atoms with Crippen molar-refractivity contribution < 1.29 is 9.53 Å². The quantitative estimate of drug-likeness (QED) is 0.164. The smallest absolute Gasteiger partial charge is 0.302 e. The summed E-state index contributed by atoms with van der Waals surface area (Å²) in [6.07, 6.45) is 26.4. The molecule has 0 amide bonds. The van der Waals surface area contributed by atoms with Gasteiger partial charge in [0.1, 0.15) is 0 Å². The summed E-state index contributed by atoms with van der Waals surface area (Å²) < 4.78 is 4.94. The van der Waals surface area contributed by atoms with Crippen molar-refractivity contribution in [2.45, 2.75) is 136 Å². The Hall–Kier alpha value is -0.530. The third kappa shape index (κ3) is 23.5. The molecule has 0 aliphatic rings. The number of carbonyl (C=O) groups is 1. The van der Waals surface area contributed by atoms with Crippen LogP contribution in [0.25, 0.3) is 0 Å². The first-order valence-electron chi connectivity index (χ1n) is 11.4. The van der Waals surface area contributed by atoms with Crippen LogP contribution in [0.3, 0.4) is 0 Å². The van der Waals surface area contributed by atoms with Crippen LogP contribution in [0.5, 0.6) is 0 Å². The molecule has 0 fully saturated rings. The maximum absolute atomic E-state index is 10.6. The molecule has 0 aliphatic carbocycles. The van der Waals surface area contributed by atoms with Crippen molar-refractivity contribution in [2.24, 2.45) is 0 Å². The maximum atomic E-state index is 10.6. The van der Waals surface area contributed by atoms with Crippen LogP contribution < -0.4 is 0 Å². The second-order valence-electron chi connectivity index (χ2n) is 7.70. The van der Waals surface area contributed by atoms with Crippen LogP contribution in [0.2, 0.25) is 0 Å². The lowest BCUT2D eigenvalue weighted by molar-refractivity contribution is -0.141. The number of unbranched alkanes of at least 4 members (excludes halogenated alkanes) is 18. The molecule has 0 aliphatic heterocycles.